The third kappa shape index (κ3) is 18.8. The fraction of sp³-hybridized carbons (Fsp3) is 0.0404. The van der Waals surface area contributed by atoms with Crippen molar-refractivity contribution in [3.63, 3.8) is 0 Å². The topological polar surface area (TPSA) is 143 Å². The van der Waals surface area contributed by atoms with Crippen LogP contribution in [0.4, 0.5) is 22.3 Å². The van der Waals surface area contributed by atoms with E-state index in [-0.39, 0.29) is 142 Å². The Kier molecular flexibility index (Phi) is 28.9. The zero-order valence-corrected chi connectivity index (χ0v) is 73.2. The molecule has 22 heteroatoms. The minimum atomic E-state index is -0.660. The molecule has 585 valence electrons. The van der Waals surface area contributed by atoms with Gasteiger partial charge in [-0.15, -0.1) is 0 Å². The van der Waals surface area contributed by atoms with E-state index in [2.05, 4.69) is 280 Å². The molecule has 14 aromatic carbocycles. The molecule has 0 bridgehead atoms. The molecule has 0 aliphatic rings. The van der Waals surface area contributed by atoms with Gasteiger partial charge in [0.05, 0.1) is 55.5 Å². The smallest absolute Gasteiger partial charge is 1.00 e. The molecule has 0 amide bonds. The molecule has 1 N–H and O–H groups in total. The number of alkyl halides is 1. The fourth-order valence-corrected chi connectivity index (χ4v) is 15.6. The van der Waals surface area contributed by atoms with E-state index in [1.165, 1.54) is 89.4 Å². The third-order valence-electron chi connectivity index (χ3n) is 20.4. The molecule has 0 fully saturated rings. The molecule has 0 unspecified atom stereocenters. The number of aromatic hydroxyl groups is 1. The number of benzene rings is 14. The van der Waals surface area contributed by atoms with Crippen molar-refractivity contribution in [3.05, 3.63) is 398 Å². The minimum Gasteiger partial charge on any atom is -1.00 e. The summed E-state index contributed by atoms with van der Waals surface area (Å²) in [6.45, 7) is 0.800. The van der Waals surface area contributed by atoms with E-state index in [1.54, 1.807) is 48.8 Å². The summed E-state index contributed by atoms with van der Waals surface area (Å²) in [5, 5.41) is 28.6. The Bertz CT molecular complexity index is 6620. The minimum absolute atomic E-state index is 0. The molecule has 0 spiro atoms. The third-order valence-corrected chi connectivity index (χ3v) is 21.1. The van der Waals surface area contributed by atoms with Gasteiger partial charge in [0, 0.05) is 115 Å². The number of hydrogen-bond acceptors (Lipinski definition) is 9. The summed E-state index contributed by atoms with van der Waals surface area (Å²) in [7, 11) is 0. The van der Waals surface area contributed by atoms with Gasteiger partial charge in [0.15, 0.2) is 0 Å². The zero-order valence-electron chi connectivity index (χ0n) is 66.3. The number of nitrogens with zero attached hydrogens (tertiary/aromatic N) is 6. The van der Waals surface area contributed by atoms with E-state index in [0.29, 0.717) is 52.7 Å². The first-order valence-corrected chi connectivity index (χ1v) is 38.6. The van der Waals surface area contributed by atoms with Crippen LogP contribution in [0.1, 0.15) is 23.7 Å². The van der Waals surface area contributed by atoms with Crippen LogP contribution in [0.5, 0.6) is 23.0 Å². The van der Waals surface area contributed by atoms with Crippen molar-refractivity contribution in [2.24, 2.45) is 0 Å². The maximum Gasteiger partial charge on any atom is 1.00 e. The number of carbonyl (C=O) groups is 1. The quantitative estimate of drug-likeness (QED) is 0.0235. The standard InChI is InChI=1S/C49H33F2N3O2.C37H26N2O2.C12H8BrF2N.CH2O3.B.FH.2K.H/c50-34-17-22-43(44(51)28-34)45-27-32(23-24-52-45)30-55-37-18-20-38(21-19-37)56-31-33-25-35(53-46-13-5-1-9-39(46)40-10-2-6-14-47(40)53)29-36(26-33)54-48-15-7-3-11-41(48)42-12-4-8-16-49(42)54;40-28-17-19-29(20-18-28)41-24-25-21-26(38-34-13-5-1-9-30(34)31-10-2-6-14-35(31)38)23-27(22-25)39-36-15-7-3-11-32(36)33-12-4-8-16-37(33)39;13-7-8-3-4-16-12(5-8)10-2-1-9(14)6-11(10)15;2-1-4-3;;;;;/h1-29H,30-31H2;1-23,40H,24H2;1-6H,7H2;1,3H;;1H;;;/q;;;;;;2*+1;-1/p-1. The molecule has 6 aromatic heterocycles. The number of rotatable bonds is 17. The van der Waals surface area contributed by atoms with Crippen molar-refractivity contribution < 1.29 is 161 Å². The summed E-state index contributed by atoms with van der Waals surface area (Å²) >= 11 is 3.31. The van der Waals surface area contributed by atoms with Gasteiger partial charge in [0.1, 0.15) is 66.1 Å². The number of ether oxygens (including phenoxy) is 3. The number of phenolic OH excluding ortho intramolecular Hbond substituents is 1. The van der Waals surface area contributed by atoms with E-state index in [1.807, 2.05) is 36.4 Å². The van der Waals surface area contributed by atoms with E-state index in [0.717, 1.165) is 79.2 Å². The van der Waals surface area contributed by atoms with Crippen LogP contribution in [0.2, 0.25) is 0 Å². The van der Waals surface area contributed by atoms with Crippen molar-refractivity contribution in [3.8, 4) is 68.3 Å². The number of carbonyl (C=O) groups excluding carboxylic acids is 1. The average Bonchev–Trinajstić information content (AvgIpc) is 1.59. The Labute approximate surface area is 789 Å². The number of fused-ring (bicyclic) bond motifs is 12. The molecule has 0 atom stereocenters. The van der Waals surface area contributed by atoms with Crippen LogP contribution in [0.3, 0.4) is 0 Å². The van der Waals surface area contributed by atoms with Gasteiger partial charge in [0.25, 0.3) is 6.47 Å². The molecule has 20 rings (SSSR count). The number of halogens is 6. The molecule has 121 heavy (non-hydrogen) atoms. The summed E-state index contributed by atoms with van der Waals surface area (Å²) in [6, 6.07) is 110. The predicted octanol–water partition coefficient (Wildman–Crippen LogP) is 17.8. The summed E-state index contributed by atoms with van der Waals surface area (Å²) < 4.78 is 82.2. The molecule has 0 aliphatic heterocycles. The molecule has 3 radical (unpaired) electrons. The SMILES string of the molecule is F.Fc1ccc(-c2cc(CBr)ccn2)c(F)c1.Fc1ccc(-c2cc(COc3ccc(OCc4cc(-n5c6ccccc6c6ccccc65)cc(-n5c6ccccc6c6ccccc65)c4)cc3)ccn2)c(F)c1.O=CO[O-].Oc1ccc(OCc2cc(-n3c4ccccc4c4ccccc43)cc(-n3c4ccccc4c4ccccc43)c2)cc1.[B].[H-].[K+].[K+]. The monoisotopic (exact) mass is 1720 g/mol. The van der Waals surface area contributed by atoms with Gasteiger partial charge in [-0.05, 0) is 204 Å². The van der Waals surface area contributed by atoms with Crippen molar-refractivity contribution >= 4 is 118 Å². The maximum atomic E-state index is 14.4. The summed E-state index contributed by atoms with van der Waals surface area (Å²) in [5.41, 5.74) is 18.8. The van der Waals surface area contributed by atoms with E-state index in [9.17, 15) is 22.7 Å². The van der Waals surface area contributed by atoms with Crippen molar-refractivity contribution in [2.75, 3.05) is 0 Å². The first kappa shape index (κ1) is 87.5. The Morgan fingerprint density at radius 3 is 0.876 bits per heavy atom. The van der Waals surface area contributed by atoms with Gasteiger partial charge in [-0.25, -0.2) is 17.6 Å². The van der Waals surface area contributed by atoms with Crippen LogP contribution in [-0.2, 0) is 34.8 Å². The Balaban J connectivity index is 0.000000180. The van der Waals surface area contributed by atoms with Crippen molar-refractivity contribution in [1.82, 2.24) is 28.2 Å². The Morgan fingerprint density at radius 2 is 0.603 bits per heavy atom. The summed E-state index contributed by atoms with van der Waals surface area (Å²) in [5.74, 6) is -0.176. The number of pyridine rings is 2. The number of aromatic nitrogens is 6. The van der Waals surface area contributed by atoms with Gasteiger partial charge >= 0.3 is 103 Å². The molecular formula is C99H70BBrF5K2N6O7. The average molecular weight is 1720 g/mol. The molecule has 20 aromatic rings. The van der Waals surface area contributed by atoms with Crippen LogP contribution in [-0.4, -0.2) is 48.2 Å². The number of para-hydroxylation sites is 8. The number of phenols is 1. The molecule has 0 saturated carbocycles. The van der Waals surface area contributed by atoms with Gasteiger partial charge in [0.2, 0.25) is 0 Å². The predicted molar refractivity (Wildman–Crippen MR) is 466 cm³/mol. The molecule has 6 heterocycles. The summed E-state index contributed by atoms with van der Waals surface area (Å²) in [4.78, 5) is 19.6. The van der Waals surface area contributed by atoms with Crippen LogP contribution in [0.25, 0.3) is 132 Å². The zero-order chi connectivity index (χ0) is 79.9. The normalized spacial score (nSPS) is 10.8. The first-order chi connectivity index (χ1) is 57.4. The fourth-order valence-electron chi connectivity index (χ4n) is 15.3. The molecule has 0 saturated heterocycles. The van der Waals surface area contributed by atoms with Gasteiger partial charge < -0.3 is 49.2 Å². The van der Waals surface area contributed by atoms with Crippen LogP contribution < -0.4 is 122 Å². The van der Waals surface area contributed by atoms with Crippen LogP contribution in [0, 0.1) is 23.3 Å². The summed E-state index contributed by atoms with van der Waals surface area (Å²) in [6.07, 6.45) is 3.20. The maximum absolute atomic E-state index is 14.4. The van der Waals surface area contributed by atoms with Gasteiger partial charge in [-0.2, -0.15) is 0 Å². The van der Waals surface area contributed by atoms with Crippen molar-refractivity contribution in [1.29, 1.82) is 0 Å². The number of hydrogen-bond donors (Lipinski definition) is 1. The van der Waals surface area contributed by atoms with Gasteiger partial charge in [-0.3, -0.25) is 19.5 Å². The second-order valence-corrected chi connectivity index (χ2v) is 28.3. The van der Waals surface area contributed by atoms with E-state index >= 15 is 0 Å². The molecule has 13 nitrogen and oxygen atoms in total. The van der Waals surface area contributed by atoms with E-state index in [4.69, 9.17) is 24.3 Å². The second kappa shape index (κ2) is 39.9. The Morgan fingerprint density at radius 1 is 0.347 bits per heavy atom. The van der Waals surface area contributed by atoms with E-state index < -0.39 is 23.3 Å². The largest absolute Gasteiger partial charge is 1.00 e. The Hall–Kier alpha value is -11.3. The first-order valence-electron chi connectivity index (χ1n) is 37.5. The molecule has 0 aliphatic carbocycles. The van der Waals surface area contributed by atoms with Gasteiger partial charge in [-0.1, -0.05) is 162 Å². The van der Waals surface area contributed by atoms with Crippen molar-refractivity contribution in [2.45, 2.75) is 25.2 Å². The van der Waals surface area contributed by atoms with Crippen LogP contribution in [0.15, 0.2) is 352 Å². The van der Waals surface area contributed by atoms with Crippen LogP contribution >= 0.6 is 15.9 Å². The second-order valence-electron chi connectivity index (χ2n) is 27.7. The molecular weight excluding hydrogens is 1650 g/mol.